The van der Waals surface area contributed by atoms with Crippen LogP contribution in [0.4, 0.5) is 5.69 Å². The van der Waals surface area contributed by atoms with Gasteiger partial charge in [-0.1, -0.05) is 0 Å². The molecule has 0 spiro atoms. The average Bonchev–Trinajstić information content (AvgIpc) is 2.18. The fourth-order valence-electron chi connectivity index (χ4n) is 1.49. The Morgan fingerprint density at radius 2 is 1.93 bits per heavy atom. The molecule has 0 aromatic carbocycles. The number of nitrogens with two attached hydrogens (primary N) is 2. The average molecular weight is 194 g/mol. The molecule has 0 bridgehead atoms. The molecule has 0 radical (unpaired) electrons. The Hall–Kier alpha value is -1.13. The number of rotatable bonds is 5. The van der Waals surface area contributed by atoms with Crippen molar-refractivity contribution in [1.82, 2.24) is 4.98 Å². The Bertz CT molecular complexity index is 269. The summed E-state index contributed by atoms with van der Waals surface area (Å²) < 4.78 is 0. The van der Waals surface area contributed by atoms with Crippen molar-refractivity contribution in [1.29, 1.82) is 0 Å². The van der Waals surface area contributed by atoms with Crippen molar-refractivity contribution in [2.24, 2.45) is 11.5 Å². The molecule has 0 saturated carbocycles. The molecule has 0 atom stereocenters. The highest BCUT2D eigenvalue weighted by atomic mass is 15.1. The molecule has 4 nitrogen and oxygen atoms in total. The van der Waals surface area contributed by atoms with Gasteiger partial charge in [-0.25, -0.2) is 0 Å². The van der Waals surface area contributed by atoms with Crippen LogP contribution in [0.3, 0.4) is 0 Å². The van der Waals surface area contributed by atoms with E-state index in [1.807, 2.05) is 19.2 Å². The van der Waals surface area contributed by atoms with Crippen LogP contribution in [0.2, 0.25) is 0 Å². The molecule has 4 N–H and O–H groups in total. The lowest BCUT2D eigenvalue weighted by molar-refractivity contribution is 0.779. The number of anilines is 1. The van der Waals surface area contributed by atoms with Gasteiger partial charge in [0.2, 0.25) is 0 Å². The van der Waals surface area contributed by atoms with Gasteiger partial charge in [0.05, 0.1) is 0 Å². The van der Waals surface area contributed by atoms with Crippen molar-refractivity contribution in [2.75, 3.05) is 31.1 Å². The van der Waals surface area contributed by atoms with Crippen LogP contribution in [-0.2, 0) is 0 Å². The predicted molar refractivity (Wildman–Crippen MR) is 59.3 cm³/mol. The van der Waals surface area contributed by atoms with Crippen molar-refractivity contribution in [2.45, 2.75) is 6.92 Å². The van der Waals surface area contributed by atoms with Gasteiger partial charge in [-0.15, -0.1) is 0 Å². The van der Waals surface area contributed by atoms with E-state index in [1.165, 1.54) is 5.69 Å². The quantitative estimate of drug-likeness (QED) is 0.698. The molecule has 78 valence electrons. The van der Waals surface area contributed by atoms with Crippen LogP contribution >= 0.6 is 0 Å². The third-order valence-electron chi connectivity index (χ3n) is 2.13. The van der Waals surface area contributed by atoms with Gasteiger partial charge in [0.15, 0.2) is 0 Å². The third kappa shape index (κ3) is 2.68. The van der Waals surface area contributed by atoms with Crippen LogP contribution in [0.5, 0.6) is 0 Å². The normalized spacial score (nSPS) is 10.2. The molecule has 1 aromatic heterocycles. The number of hydrogen-bond donors (Lipinski definition) is 2. The number of aromatic nitrogens is 1. The van der Waals surface area contributed by atoms with Gasteiger partial charge in [0.1, 0.15) is 0 Å². The molecule has 0 amide bonds. The van der Waals surface area contributed by atoms with Crippen molar-refractivity contribution in [3.05, 3.63) is 24.0 Å². The summed E-state index contributed by atoms with van der Waals surface area (Å²) in [7, 11) is 0. The molecule has 0 aliphatic rings. The standard InChI is InChI=1S/C10H18N4/c1-9-8-13-5-2-10(9)14(6-3-11)7-4-12/h2,5,8H,3-4,6-7,11-12H2,1H3. The lowest BCUT2D eigenvalue weighted by Gasteiger charge is -2.24. The molecule has 14 heavy (non-hydrogen) atoms. The molecular weight excluding hydrogens is 176 g/mol. The summed E-state index contributed by atoms with van der Waals surface area (Å²) in [4.78, 5) is 6.25. The van der Waals surface area contributed by atoms with Crippen molar-refractivity contribution >= 4 is 5.69 Å². The van der Waals surface area contributed by atoms with E-state index in [2.05, 4.69) is 9.88 Å². The van der Waals surface area contributed by atoms with E-state index in [-0.39, 0.29) is 0 Å². The lowest BCUT2D eigenvalue weighted by Crippen LogP contribution is -2.34. The molecule has 0 aliphatic carbocycles. The molecular formula is C10H18N4. The van der Waals surface area contributed by atoms with Gasteiger partial charge in [-0.05, 0) is 18.6 Å². The molecule has 1 aromatic rings. The topological polar surface area (TPSA) is 68.2 Å². The maximum absolute atomic E-state index is 5.55. The van der Waals surface area contributed by atoms with E-state index in [1.54, 1.807) is 6.20 Å². The van der Waals surface area contributed by atoms with Crippen molar-refractivity contribution < 1.29 is 0 Å². The zero-order valence-corrected chi connectivity index (χ0v) is 8.61. The maximum atomic E-state index is 5.55. The summed E-state index contributed by atoms with van der Waals surface area (Å²) in [5.41, 5.74) is 13.4. The van der Waals surface area contributed by atoms with E-state index >= 15 is 0 Å². The van der Waals surface area contributed by atoms with E-state index in [0.29, 0.717) is 13.1 Å². The monoisotopic (exact) mass is 194 g/mol. The van der Waals surface area contributed by atoms with Gasteiger partial charge in [0.25, 0.3) is 0 Å². The van der Waals surface area contributed by atoms with Gasteiger partial charge in [-0.2, -0.15) is 0 Å². The lowest BCUT2D eigenvalue weighted by atomic mass is 10.2. The first-order chi connectivity index (χ1) is 6.79. The molecule has 1 heterocycles. The summed E-state index contributed by atoms with van der Waals surface area (Å²) in [6.07, 6.45) is 3.65. The Morgan fingerprint density at radius 3 is 2.43 bits per heavy atom. The minimum Gasteiger partial charge on any atom is -0.369 e. The number of pyridine rings is 1. The molecule has 0 aliphatic heterocycles. The first kappa shape index (κ1) is 10.9. The summed E-state index contributed by atoms with van der Waals surface area (Å²) in [6, 6.07) is 2.00. The highest BCUT2D eigenvalue weighted by Crippen LogP contribution is 2.16. The van der Waals surface area contributed by atoms with Crippen molar-refractivity contribution in [3.8, 4) is 0 Å². The van der Waals surface area contributed by atoms with Crippen molar-refractivity contribution in [3.63, 3.8) is 0 Å². The highest BCUT2D eigenvalue weighted by Gasteiger charge is 2.06. The second kappa shape index (κ2) is 5.57. The van der Waals surface area contributed by atoms with Crippen LogP contribution in [0.1, 0.15) is 5.56 Å². The second-order valence-corrected chi connectivity index (χ2v) is 3.23. The SMILES string of the molecule is Cc1cnccc1N(CCN)CCN. The smallest absolute Gasteiger partial charge is 0.0427 e. The van der Waals surface area contributed by atoms with E-state index < -0.39 is 0 Å². The minimum absolute atomic E-state index is 0.641. The Labute approximate surface area is 84.9 Å². The van der Waals surface area contributed by atoms with Crippen LogP contribution in [0.25, 0.3) is 0 Å². The molecule has 0 saturated heterocycles. The fourth-order valence-corrected chi connectivity index (χ4v) is 1.49. The van der Waals surface area contributed by atoms with Crippen LogP contribution in [0, 0.1) is 6.92 Å². The highest BCUT2D eigenvalue weighted by molar-refractivity contribution is 5.51. The number of aryl methyl sites for hydroxylation is 1. The Balaban J connectivity index is 2.81. The first-order valence-electron chi connectivity index (χ1n) is 4.85. The Kier molecular flexibility index (Phi) is 4.35. The van der Waals surface area contributed by atoms with Gasteiger partial charge < -0.3 is 16.4 Å². The maximum Gasteiger partial charge on any atom is 0.0427 e. The summed E-state index contributed by atoms with van der Waals surface area (Å²) in [5.74, 6) is 0. The zero-order valence-electron chi connectivity index (χ0n) is 8.61. The number of hydrogen-bond acceptors (Lipinski definition) is 4. The summed E-state index contributed by atoms with van der Waals surface area (Å²) in [6.45, 7) is 5.00. The van der Waals surface area contributed by atoms with Crippen LogP contribution in [-0.4, -0.2) is 31.2 Å². The summed E-state index contributed by atoms with van der Waals surface area (Å²) >= 11 is 0. The minimum atomic E-state index is 0.641. The fraction of sp³-hybridized carbons (Fsp3) is 0.500. The molecule has 0 fully saturated rings. The van der Waals surface area contributed by atoms with E-state index in [9.17, 15) is 0 Å². The Morgan fingerprint density at radius 1 is 1.29 bits per heavy atom. The van der Waals surface area contributed by atoms with E-state index in [0.717, 1.165) is 18.7 Å². The second-order valence-electron chi connectivity index (χ2n) is 3.23. The van der Waals surface area contributed by atoms with E-state index in [4.69, 9.17) is 11.5 Å². The largest absolute Gasteiger partial charge is 0.369 e. The first-order valence-corrected chi connectivity index (χ1v) is 4.85. The molecule has 0 unspecified atom stereocenters. The summed E-state index contributed by atoms with van der Waals surface area (Å²) in [5, 5.41) is 0. The molecule has 1 rings (SSSR count). The third-order valence-corrected chi connectivity index (χ3v) is 2.13. The van der Waals surface area contributed by atoms with Gasteiger partial charge >= 0.3 is 0 Å². The molecule has 4 heteroatoms. The van der Waals surface area contributed by atoms with Gasteiger partial charge in [0, 0.05) is 44.3 Å². The number of nitrogens with zero attached hydrogens (tertiary/aromatic N) is 2. The van der Waals surface area contributed by atoms with Crippen LogP contribution < -0.4 is 16.4 Å². The van der Waals surface area contributed by atoms with Gasteiger partial charge in [-0.3, -0.25) is 4.98 Å². The predicted octanol–water partition coefficient (Wildman–Crippen LogP) is 0.114. The van der Waals surface area contributed by atoms with Crippen LogP contribution in [0.15, 0.2) is 18.5 Å². The zero-order chi connectivity index (χ0) is 10.4.